The Morgan fingerprint density at radius 3 is 1.95 bits per heavy atom. The number of aliphatic carboxylic acids is 1. The third-order valence-corrected chi connectivity index (χ3v) is 19.4. The molecule has 5 aromatic rings. The molecule has 1 aliphatic carbocycles. The molecule has 0 spiro atoms. The van der Waals surface area contributed by atoms with Crippen LogP contribution in [0, 0.1) is 19.2 Å². The largest absolute Gasteiger partial charge is 0.508 e. The van der Waals surface area contributed by atoms with Gasteiger partial charge in [0.1, 0.15) is 54.9 Å². The number of nitrogens with one attached hydrogen (secondary N) is 9. The number of methoxy groups -OCH3 is 1. The van der Waals surface area contributed by atoms with Crippen molar-refractivity contribution in [3.8, 4) is 17.1 Å². The number of nitrogens with zero attached hydrogens (tertiary/aromatic N) is 3. The SMILES string of the molecule is CC[C@@]1(O)C(=O)OCc2c1cc1n(c2=O)Cc2c-1nc1cc(F)c(C)c3c1c2[C@@H](NC(=O)CCC(=O)N[C@@H](Cc1ccccc1)C(=O)N[C@@H](CCCNC(N)=O)C(=O)N[C@@H](CCCCNC(=O)[C@H](CCCCNC(=O)CCOC)NC(=O)CN1C(=O)[CH-]CC1=O)C(=O)N[C@@H](Cc1ccc(O)cc1)C(=O)O)CC3.[V]. The van der Waals surface area contributed by atoms with E-state index in [1.807, 2.05) is 0 Å². The van der Waals surface area contributed by atoms with E-state index in [0.717, 1.165) is 11.3 Å². The predicted octanol–water partition coefficient (Wildman–Crippen LogP) is 1.13. The molecule has 0 unspecified atom stereocenters. The number of cyclic esters (lactones) is 1. The number of nitrogens with two attached hydrogens (primary N) is 1. The van der Waals surface area contributed by atoms with Crippen LogP contribution in [0.2, 0.25) is 0 Å². The van der Waals surface area contributed by atoms with Gasteiger partial charge in [0.25, 0.3) is 5.56 Å². The number of pyridine rings is 2. The first-order valence-electron chi connectivity index (χ1n) is 35.6. The van der Waals surface area contributed by atoms with Gasteiger partial charge in [-0.05, 0) is 124 Å². The molecule has 3 aliphatic heterocycles. The monoisotopic (exact) mass is 1530 g/mol. The number of aromatic hydroxyl groups is 1. The van der Waals surface area contributed by atoms with E-state index in [1.165, 1.54) is 48.1 Å². The summed E-state index contributed by atoms with van der Waals surface area (Å²) in [5.41, 5.74) is 6.78. The zero-order valence-electron chi connectivity index (χ0n) is 60.0. The van der Waals surface area contributed by atoms with Crippen molar-refractivity contribution in [3.63, 3.8) is 0 Å². The van der Waals surface area contributed by atoms with Gasteiger partial charge in [-0.1, -0.05) is 55.8 Å². The molecule has 14 N–H and O–H groups in total. The fourth-order valence-corrected chi connectivity index (χ4v) is 13.6. The number of rotatable bonds is 38. The van der Waals surface area contributed by atoms with Gasteiger partial charge in [-0.25, -0.2) is 23.8 Å². The number of benzene rings is 3. The molecule has 7 atom stereocenters. The quantitative estimate of drug-likeness (QED) is 0.0112. The number of fused-ring (bicyclic) bond motifs is 5. The van der Waals surface area contributed by atoms with Crippen LogP contribution >= 0.6 is 0 Å². The van der Waals surface area contributed by atoms with Crippen LogP contribution in [-0.4, -0.2) is 177 Å². The Kier molecular flexibility index (Phi) is 29.3. The second kappa shape index (κ2) is 38.2. The summed E-state index contributed by atoms with van der Waals surface area (Å²) in [6, 6.07) is 7.94. The van der Waals surface area contributed by atoms with Crippen LogP contribution in [0.5, 0.6) is 5.75 Å². The number of esters is 1. The van der Waals surface area contributed by atoms with E-state index in [9.17, 15) is 82.4 Å². The number of unbranched alkanes of at least 4 members (excludes halogenated alkanes) is 2. The van der Waals surface area contributed by atoms with Gasteiger partial charge in [-0.2, -0.15) is 0 Å². The second-order valence-electron chi connectivity index (χ2n) is 26.8. The maximum atomic E-state index is 15.7. The van der Waals surface area contributed by atoms with E-state index in [2.05, 4.69) is 47.9 Å². The molecule has 577 valence electrons. The van der Waals surface area contributed by atoms with Crippen LogP contribution in [0.1, 0.15) is 147 Å². The van der Waals surface area contributed by atoms with Gasteiger partial charge in [0.05, 0.1) is 47.6 Å². The third-order valence-electron chi connectivity index (χ3n) is 19.4. The topological polar surface area (TPSA) is 473 Å². The van der Waals surface area contributed by atoms with Gasteiger partial charge in [0.15, 0.2) is 5.60 Å². The molecule has 4 aliphatic rings. The molecule has 5 heterocycles. The predicted molar refractivity (Wildman–Crippen MR) is 380 cm³/mol. The van der Waals surface area contributed by atoms with Crippen LogP contribution in [0.25, 0.3) is 22.3 Å². The minimum Gasteiger partial charge on any atom is -0.508 e. The standard InChI is InChI=1S/C74H89FN13O19.V/c1-4-74(105)47-35-56-65-45(37-87(56)70(100)46(47)39-107-72(74)103)64-49(23-22-44-40(2)48(75)36-53(83-65)63(44)64)80-58(91)24-25-59(92)82-54(33-41-13-6-5-7-14-41)69(99)85-52(17-12-31-79-73(76)104)67(97)84-51(68(98)86-55(71(101)102)34-42-18-20-43(89)21-19-42)16-9-11-30-78-66(96)50(15-8-10-29-77-57(90)28-32-106-3)81-60(93)38-88-61(94)26-27-62(88)95;/h5-7,13-14,18-21,26,35-36,49-52,54-55,89,105H,4,8-12,15-17,22-25,27-34,37-39H2,1-3H3,(H,77,90)(H,78,96)(H,80,91)(H,81,93)(H,82,92)(H,84,97)(H,85,99)(H,86,98)(H,101,102)(H3,76,79,104);/q-1;/t49-,50-,51-,52-,54-,55-,74-;/m0./s1. The summed E-state index contributed by atoms with van der Waals surface area (Å²) < 4.78 is 27.3. The number of likely N-dealkylation sites (tertiary alicyclic amines) is 1. The van der Waals surface area contributed by atoms with Gasteiger partial charge in [-0.3, -0.25) is 54.4 Å². The van der Waals surface area contributed by atoms with Crippen molar-refractivity contribution >= 4 is 87.9 Å². The fourth-order valence-electron chi connectivity index (χ4n) is 13.6. The summed E-state index contributed by atoms with van der Waals surface area (Å²) in [7, 11) is 1.46. The molecule has 1 saturated heterocycles. The van der Waals surface area contributed by atoms with Crippen LogP contribution in [0.15, 0.2) is 71.5 Å². The average molecular weight is 1530 g/mol. The molecule has 3 aromatic carbocycles. The molecule has 34 heteroatoms. The third kappa shape index (κ3) is 20.9. The van der Waals surface area contributed by atoms with E-state index < -0.39 is 144 Å². The number of carbonyl (C=O) groups excluding carboxylic acids is 12. The average Bonchev–Trinajstić information content (AvgIpc) is 1.51. The number of carboxylic acid groups (broad SMARTS) is 1. The Morgan fingerprint density at radius 2 is 1.31 bits per heavy atom. The van der Waals surface area contributed by atoms with Crippen LogP contribution < -0.4 is 59.1 Å². The maximum absolute atomic E-state index is 15.7. The number of aryl methyl sites for hydroxylation is 1. The normalized spacial score (nSPS) is 16.6. The molecule has 0 bridgehead atoms. The number of urea groups is 1. The summed E-state index contributed by atoms with van der Waals surface area (Å²) in [5.74, 6) is -10.1. The van der Waals surface area contributed by atoms with Gasteiger partial charge in [0, 0.05) is 100.0 Å². The molecule has 108 heavy (non-hydrogen) atoms. The van der Waals surface area contributed by atoms with Crippen LogP contribution in [0.4, 0.5) is 9.18 Å². The summed E-state index contributed by atoms with van der Waals surface area (Å²) >= 11 is 0. The minimum atomic E-state index is -2.12. The van der Waals surface area contributed by atoms with Gasteiger partial charge in [0.2, 0.25) is 53.2 Å². The van der Waals surface area contributed by atoms with E-state index in [4.69, 9.17) is 20.2 Å². The first kappa shape index (κ1) is 82.9. The number of aromatic nitrogens is 2. The number of halogens is 1. The summed E-state index contributed by atoms with van der Waals surface area (Å²) in [4.78, 5) is 193. The molecule has 2 aromatic heterocycles. The Bertz CT molecular complexity index is 4300. The number of carbonyl (C=O) groups is 13. The van der Waals surface area contributed by atoms with Crippen molar-refractivity contribution in [1.29, 1.82) is 0 Å². The number of phenolic OH excluding ortho intramolecular Hbond substituents is 1. The van der Waals surface area contributed by atoms with Gasteiger partial charge < -0.3 is 92.6 Å². The Hall–Kier alpha value is -10.8. The summed E-state index contributed by atoms with van der Waals surface area (Å²) in [6.07, 6.45) is 0.804. The summed E-state index contributed by atoms with van der Waals surface area (Å²) in [5, 5.41) is 56.4. The number of amides is 12. The van der Waals surface area contributed by atoms with E-state index in [0.29, 0.717) is 58.0 Å². The van der Waals surface area contributed by atoms with Gasteiger partial charge >= 0.3 is 18.0 Å². The number of hydrogen-bond acceptors (Lipinski definition) is 19. The van der Waals surface area contributed by atoms with Crippen molar-refractivity contribution in [2.75, 3.05) is 39.9 Å². The van der Waals surface area contributed by atoms with E-state index >= 15 is 4.39 Å². The number of hydrogen-bond donors (Lipinski definition) is 13. The first-order chi connectivity index (χ1) is 51.2. The smallest absolute Gasteiger partial charge is 0.343 e. The van der Waals surface area contributed by atoms with Crippen molar-refractivity contribution in [1.82, 2.24) is 62.3 Å². The number of ether oxygens (including phenoxy) is 2. The van der Waals surface area contributed by atoms with Crippen molar-refractivity contribution < 1.29 is 110 Å². The molecule has 0 saturated carbocycles. The number of phenols is 1. The molecular formula is C74H89FN13O19V-. The number of primary amides is 1. The molecule has 9 rings (SSSR count). The molecule has 32 nitrogen and oxygen atoms in total. The molecule has 1 fully saturated rings. The fraction of sp³-hybridized carbons (Fsp3) is 0.459. The second-order valence-corrected chi connectivity index (χ2v) is 26.8. The van der Waals surface area contributed by atoms with E-state index in [-0.39, 0.29) is 175 Å². The Balaban J connectivity index is 0.0000147. The number of imide groups is 1. The Labute approximate surface area is 632 Å². The number of carboxylic acids is 1. The van der Waals surface area contributed by atoms with Crippen LogP contribution in [-0.2, 0) is 124 Å². The zero-order valence-corrected chi connectivity index (χ0v) is 61.4. The first-order valence-corrected chi connectivity index (χ1v) is 35.6. The molecule has 12 amide bonds. The molecular weight excluding hydrogens is 1440 g/mol. The zero-order chi connectivity index (χ0) is 77.2. The Morgan fingerprint density at radius 1 is 0.713 bits per heavy atom. The molecule has 1 radical (unpaired) electrons. The van der Waals surface area contributed by atoms with Crippen molar-refractivity contribution in [2.45, 2.75) is 178 Å². The van der Waals surface area contributed by atoms with Gasteiger partial charge in [-0.15, -0.1) is 0 Å². The van der Waals surface area contributed by atoms with Crippen LogP contribution in [0.3, 0.4) is 0 Å². The minimum absolute atomic E-state index is 0. The maximum Gasteiger partial charge on any atom is 0.343 e. The van der Waals surface area contributed by atoms with Crippen molar-refractivity contribution in [2.24, 2.45) is 5.73 Å². The van der Waals surface area contributed by atoms with E-state index in [1.54, 1.807) is 44.2 Å². The van der Waals surface area contributed by atoms with Crippen molar-refractivity contribution in [3.05, 3.63) is 134 Å². The number of aliphatic hydroxyl groups is 1. The summed E-state index contributed by atoms with van der Waals surface area (Å²) in [6.45, 7) is 2.46.